The van der Waals surface area contributed by atoms with Crippen molar-refractivity contribution in [3.63, 3.8) is 0 Å². The summed E-state index contributed by atoms with van der Waals surface area (Å²) in [5, 5.41) is 0. The van der Waals surface area contributed by atoms with Crippen molar-refractivity contribution in [2.24, 2.45) is 0 Å². The highest BCUT2D eigenvalue weighted by Gasteiger charge is 2.29. The first-order valence-corrected chi connectivity index (χ1v) is 5.62. The van der Waals surface area contributed by atoms with Gasteiger partial charge in [0.15, 0.2) is 0 Å². The predicted molar refractivity (Wildman–Crippen MR) is 61.5 cm³/mol. The lowest BCUT2D eigenvalue weighted by Gasteiger charge is -2.11. The smallest absolute Gasteiger partial charge is 0.166 e. The summed E-state index contributed by atoms with van der Waals surface area (Å²) in [7, 11) is 0. The Morgan fingerprint density at radius 2 is 1.50 bits per heavy atom. The van der Waals surface area contributed by atoms with Gasteiger partial charge in [0.25, 0.3) is 0 Å². The first-order valence-electron chi connectivity index (χ1n) is 5.62. The number of halogens is 3. The fourth-order valence-electron chi connectivity index (χ4n) is 1.24. The molecule has 92 valence electrons. The molecule has 0 spiro atoms. The van der Waals surface area contributed by atoms with Gasteiger partial charge in [-0.15, -0.1) is 0 Å². The molecular formula is C13H19F3. The van der Waals surface area contributed by atoms with Crippen LogP contribution in [0.2, 0.25) is 0 Å². The molecule has 0 N–H and O–H groups in total. The molecule has 1 aromatic carbocycles. The van der Waals surface area contributed by atoms with Gasteiger partial charge in [-0.05, 0) is 30.0 Å². The minimum Gasteiger partial charge on any atom is -0.166 e. The summed E-state index contributed by atoms with van der Waals surface area (Å²) in [5.74, 6) is 0.317. The van der Waals surface area contributed by atoms with E-state index in [1.807, 2.05) is 27.7 Å². The maximum Gasteiger partial charge on any atom is 0.416 e. The lowest BCUT2D eigenvalue weighted by molar-refractivity contribution is -0.137. The Balaban J connectivity index is 0.00000106. The van der Waals surface area contributed by atoms with Gasteiger partial charge in [-0.2, -0.15) is 13.2 Å². The number of benzene rings is 1. The standard InChI is InChI=1S/C11H13F3.C2H6/c1-3-8(2)9-4-6-10(7-5-9)11(12,13)14;1-2/h4-8H,3H2,1-2H3;1-2H3. The number of hydrogen-bond acceptors (Lipinski definition) is 0. The highest BCUT2D eigenvalue weighted by atomic mass is 19.4. The van der Waals surface area contributed by atoms with E-state index in [2.05, 4.69) is 0 Å². The van der Waals surface area contributed by atoms with Crippen molar-refractivity contribution < 1.29 is 13.2 Å². The molecule has 0 radical (unpaired) electrons. The van der Waals surface area contributed by atoms with Crippen LogP contribution in [0, 0.1) is 0 Å². The van der Waals surface area contributed by atoms with E-state index in [0.29, 0.717) is 5.92 Å². The molecule has 0 aliphatic rings. The van der Waals surface area contributed by atoms with Crippen molar-refractivity contribution in [1.82, 2.24) is 0 Å². The molecule has 0 bridgehead atoms. The number of rotatable bonds is 2. The fourth-order valence-corrected chi connectivity index (χ4v) is 1.24. The van der Waals surface area contributed by atoms with Crippen LogP contribution in [0.3, 0.4) is 0 Å². The lowest BCUT2D eigenvalue weighted by Crippen LogP contribution is -2.04. The summed E-state index contributed by atoms with van der Waals surface area (Å²) in [6.07, 6.45) is -3.29. The maximum absolute atomic E-state index is 12.2. The molecule has 1 atom stereocenters. The third-order valence-corrected chi connectivity index (χ3v) is 2.42. The molecule has 1 aromatic rings. The van der Waals surface area contributed by atoms with Gasteiger partial charge in [0, 0.05) is 0 Å². The van der Waals surface area contributed by atoms with E-state index in [1.54, 1.807) is 12.1 Å². The third kappa shape index (κ3) is 4.25. The summed E-state index contributed by atoms with van der Waals surface area (Å²) >= 11 is 0. The third-order valence-electron chi connectivity index (χ3n) is 2.42. The first kappa shape index (κ1) is 15.0. The number of alkyl halides is 3. The molecule has 3 heteroatoms. The van der Waals surface area contributed by atoms with Crippen LogP contribution in [-0.4, -0.2) is 0 Å². The van der Waals surface area contributed by atoms with E-state index in [4.69, 9.17) is 0 Å². The zero-order chi connectivity index (χ0) is 12.8. The highest BCUT2D eigenvalue weighted by molar-refractivity contribution is 5.26. The van der Waals surface area contributed by atoms with E-state index in [-0.39, 0.29) is 0 Å². The van der Waals surface area contributed by atoms with E-state index in [0.717, 1.165) is 24.1 Å². The second-order valence-corrected chi connectivity index (χ2v) is 3.43. The van der Waals surface area contributed by atoms with Crippen LogP contribution >= 0.6 is 0 Å². The summed E-state index contributed by atoms with van der Waals surface area (Å²) in [4.78, 5) is 0. The van der Waals surface area contributed by atoms with Crippen molar-refractivity contribution in [3.8, 4) is 0 Å². The van der Waals surface area contributed by atoms with Gasteiger partial charge in [0.1, 0.15) is 0 Å². The van der Waals surface area contributed by atoms with Crippen molar-refractivity contribution in [2.75, 3.05) is 0 Å². The van der Waals surface area contributed by atoms with Crippen molar-refractivity contribution in [1.29, 1.82) is 0 Å². The topological polar surface area (TPSA) is 0 Å². The lowest BCUT2D eigenvalue weighted by atomic mass is 9.98. The second-order valence-electron chi connectivity index (χ2n) is 3.43. The molecule has 0 aromatic heterocycles. The van der Waals surface area contributed by atoms with Crippen LogP contribution in [-0.2, 0) is 6.18 Å². The van der Waals surface area contributed by atoms with Crippen LogP contribution in [0.5, 0.6) is 0 Å². The summed E-state index contributed by atoms with van der Waals surface area (Å²) in [5.41, 5.74) is 0.380. The van der Waals surface area contributed by atoms with Crippen LogP contribution in [0.4, 0.5) is 13.2 Å². The van der Waals surface area contributed by atoms with Crippen molar-refractivity contribution in [2.45, 2.75) is 46.2 Å². The Kier molecular flexibility index (Phi) is 6.16. The largest absolute Gasteiger partial charge is 0.416 e. The average Bonchev–Trinajstić information content (AvgIpc) is 2.30. The van der Waals surface area contributed by atoms with Crippen molar-refractivity contribution in [3.05, 3.63) is 35.4 Å². The molecule has 0 saturated carbocycles. The molecule has 0 saturated heterocycles. The highest BCUT2D eigenvalue weighted by Crippen LogP contribution is 2.30. The summed E-state index contributed by atoms with van der Waals surface area (Å²) in [6, 6.07) is 5.39. The molecule has 16 heavy (non-hydrogen) atoms. The zero-order valence-corrected chi connectivity index (χ0v) is 10.2. The zero-order valence-electron chi connectivity index (χ0n) is 10.2. The van der Waals surface area contributed by atoms with E-state index < -0.39 is 11.7 Å². The monoisotopic (exact) mass is 232 g/mol. The molecular weight excluding hydrogens is 213 g/mol. The van der Waals surface area contributed by atoms with Crippen LogP contribution in [0.25, 0.3) is 0 Å². The molecule has 0 heterocycles. The van der Waals surface area contributed by atoms with Gasteiger partial charge >= 0.3 is 6.18 Å². The minimum atomic E-state index is -4.23. The van der Waals surface area contributed by atoms with Gasteiger partial charge in [0.2, 0.25) is 0 Å². The van der Waals surface area contributed by atoms with Gasteiger partial charge in [0.05, 0.1) is 5.56 Å². The van der Waals surface area contributed by atoms with E-state index in [1.165, 1.54) is 0 Å². The van der Waals surface area contributed by atoms with Gasteiger partial charge in [-0.1, -0.05) is 39.8 Å². The number of hydrogen-bond donors (Lipinski definition) is 0. The molecule has 0 amide bonds. The van der Waals surface area contributed by atoms with Crippen LogP contribution in [0.15, 0.2) is 24.3 Å². The summed E-state index contributed by atoms with van der Waals surface area (Å²) in [6.45, 7) is 8.02. The average molecular weight is 232 g/mol. The fraction of sp³-hybridized carbons (Fsp3) is 0.538. The normalized spacial score (nSPS) is 12.7. The molecule has 1 rings (SSSR count). The second kappa shape index (κ2) is 6.56. The predicted octanol–water partition coefficient (Wildman–Crippen LogP) is 5.25. The van der Waals surface area contributed by atoms with Crippen LogP contribution < -0.4 is 0 Å². The quantitative estimate of drug-likeness (QED) is 0.653. The molecule has 0 nitrogen and oxygen atoms in total. The minimum absolute atomic E-state index is 0.317. The molecule has 0 fully saturated rings. The Hall–Kier alpha value is -0.990. The first-order chi connectivity index (χ1) is 7.45. The van der Waals surface area contributed by atoms with Gasteiger partial charge in [-0.25, -0.2) is 0 Å². The van der Waals surface area contributed by atoms with Crippen LogP contribution in [0.1, 0.15) is 51.2 Å². The Morgan fingerprint density at radius 3 is 1.81 bits per heavy atom. The Bertz CT molecular complexity index is 285. The van der Waals surface area contributed by atoms with Gasteiger partial charge < -0.3 is 0 Å². The molecule has 1 unspecified atom stereocenters. The SMILES string of the molecule is CC.CCC(C)c1ccc(C(F)(F)F)cc1. The molecule has 0 aliphatic heterocycles. The van der Waals surface area contributed by atoms with Crippen molar-refractivity contribution >= 4 is 0 Å². The summed E-state index contributed by atoms with van der Waals surface area (Å²) < 4.78 is 36.6. The maximum atomic E-state index is 12.2. The van der Waals surface area contributed by atoms with E-state index >= 15 is 0 Å². The van der Waals surface area contributed by atoms with Gasteiger partial charge in [-0.3, -0.25) is 0 Å². The van der Waals surface area contributed by atoms with E-state index in [9.17, 15) is 13.2 Å². The molecule has 0 aliphatic carbocycles. The Morgan fingerprint density at radius 1 is 1.06 bits per heavy atom. The Labute approximate surface area is 95.5 Å².